The van der Waals surface area contributed by atoms with E-state index in [4.69, 9.17) is 33.4 Å². The molecule has 2 N–H and O–H groups in total. The molecule has 3 rings (SSSR count). The average Bonchev–Trinajstić information content (AvgIpc) is 2.72. The van der Waals surface area contributed by atoms with Crippen molar-refractivity contribution in [3.63, 3.8) is 0 Å². The third-order valence-corrected chi connectivity index (χ3v) is 3.23. The van der Waals surface area contributed by atoms with E-state index >= 15 is 0 Å². The maximum absolute atomic E-state index is 13.2. The number of anilines is 1. The van der Waals surface area contributed by atoms with Crippen LogP contribution in [0.1, 0.15) is 0 Å². The number of benzene rings is 2. The summed E-state index contributed by atoms with van der Waals surface area (Å²) in [6.07, 6.45) is 0. The smallest absolute Gasteiger partial charge is 0.228 e. The van der Waals surface area contributed by atoms with E-state index in [1.54, 1.807) is 18.2 Å². The number of hydrogen-bond acceptors (Lipinski definition) is 3. The van der Waals surface area contributed by atoms with Crippen molar-refractivity contribution < 1.29 is 8.81 Å². The molecule has 96 valence electrons. The largest absolute Gasteiger partial charge is 0.434 e. The van der Waals surface area contributed by atoms with Crippen molar-refractivity contribution in [2.45, 2.75) is 0 Å². The number of rotatable bonds is 1. The minimum atomic E-state index is -0.472. The monoisotopic (exact) mass is 296 g/mol. The van der Waals surface area contributed by atoms with Crippen molar-refractivity contribution in [3.8, 4) is 11.5 Å². The van der Waals surface area contributed by atoms with E-state index in [-0.39, 0.29) is 10.9 Å². The van der Waals surface area contributed by atoms with Crippen LogP contribution >= 0.6 is 23.2 Å². The summed E-state index contributed by atoms with van der Waals surface area (Å²) >= 11 is 12.0. The van der Waals surface area contributed by atoms with Crippen LogP contribution in [0.25, 0.3) is 22.6 Å². The van der Waals surface area contributed by atoms with Gasteiger partial charge in [0.15, 0.2) is 5.58 Å². The highest BCUT2D eigenvalue weighted by Gasteiger charge is 2.14. The Balaban J connectivity index is 2.23. The van der Waals surface area contributed by atoms with Gasteiger partial charge in [-0.1, -0.05) is 23.2 Å². The van der Waals surface area contributed by atoms with E-state index < -0.39 is 5.82 Å². The second kappa shape index (κ2) is 4.40. The summed E-state index contributed by atoms with van der Waals surface area (Å²) < 4.78 is 18.8. The highest BCUT2D eigenvalue weighted by molar-refractivity contribution is 6.35. The lowest BCUT2D eigenvalue weighted by atomic mass is 10.2. The van der Waals surface area contributed by atoms with Crippen LogP contribution in [-0.4, -0.2) is 4.98 Å². The summed E-state index contributed by atoms with van der Waals surface area (Å²) in [6, 6.07) is 7.38. The van der Waals surface area contributed by atoms with E-state index in [9.17, 15) is 4.39 Å². The lowest BCUT2D eigenvalue weighted by Crippen LogP contribution is -1.85. The van der Waals surface area contributed by atoms with Crippen LogP contribution in [-0.2, 0) is 0 Å². The Morgan fingerprint density at radius 1 is 1.11 bits per heavy atom. The van der Waals surface area contributed by atoms with E-state index in [0.717, 1.165) is 0 Å². The molecular weight excluding hydrogens is 290 g/mol. The maximum Gasteiger partial charge on any atom is 0.228 e. The number of nitrogen functional groups attached to an aromatic ring is 1. The fourth-order valence-corrected chi connectivity index (χ4v) is 2.29. The van der Waals surface area contributed by atoms with Gasteiger partial charge >= 0.3 is 0 Å². The zero-order valence-electron chi connectivity index (χ0n) is 9.45. The van der Waals surface area contributed by atoms with Gasteiger partial charge in [0.1, 0.15) is 11.3 Å². The molecule has 19 heavy (non-hydrogen) atoms. The second-order valence-electron chi connectivity index (χ2n) is 3.99. The standard InChI is InChI=1S/C13H7Cl2FN2O/c14-9-5-7(17)1-2-8(9)13-18-11-4-6(16)3-10(15)12(11)19-13/h1-5H,17H2. The third-order valence-electron chi connectivity index (χ3n) is 2.63. The number of oxazole rings is 1. The lowest BCUT2D eigenvalue weighted by Gasteiger charge is -2.00. The predicted octanol–water partition coefficient (Wildman–Crippen LogP) is 4.52. The Bertz CT molecular complexity index is 786. The molecule has 0 saturated heterocycles. The molecule has 0 bridgehead atoms. The fraction of sp³-hybridized carbons (Fsp3) is 0. The molecule has 0 fully saturated rings. The lowest BCUT2D eigenvalue weighted by molar-refractivity contribution is 0.614. The first kappa shape index (κ1) is 12.3. The number of nitrogens with two attached hydrogens (primary N) is 1. The number of hydrogen-bond donors (Lipinski definition) is 1. The maximum atomic E-state index is 13.2. The van der Waals surface area contributed by atoms with Gasteiger partial charge in [0, 0.05) is 11.8 Å². The highest BCUT2D eigenvalue weighted by atomic mass is 35.5. The number of fused-ring (bicyclic) bond motifs is 1. The third kappa shape index (κ3) is 2.13. The number of nitrogens with zero attached hydrogens (tertiary/aromatic N) is 1. The van der Waals surface area contributed by atoms with Gasteiger partial charge in [0.2, 0.25) is 5.89 Å². The Kier molecular flexibility index (Phi) is 2.84. The molecule has 0 unspecified atom stereocenters. The quantitative estimate of drug-likeness (QED) is 0.672. The topological polar surface area (TPSA) is 52.0 Å². The molecule has 0 atom stereocenters. The van der Waals surface area contributed by atoms with Crippen molar-refractivity contribution in [2.24, 2.45) is 0 Å². The Hall–Kier alpha value is -1.78. The van der Waals surface area contributed by atoms with E-state index in [1.165, 1.54) is 12.1 Å². The van der Waals surface area contributed by atoms with Crippen LogP contribution < -0.4 is 5.73 Å². The van der Waals surface area contributed by atoms with E-state index in [2.05, 4.69) is 4.98 Å². The van der Waals surface area contributed by atoms with Crippen LogP contribution in [0.5, 0.6) is 0 Å². The molecule has 0 saturated carbocycles. The van der Waals surface area contributed by atoms with Crippen molar-refractivity contribution >= 4 is 40.0 Å². The molecule has 3 aromatic rings. The second-order valence-corrected chi connectivity index (χ2v) is 4.81. The van der Waals surface area contributed by atoms with Gasteiger partial charge < -0.3 is 10.2 Å². The molecule has 0 radical (unpaired) electrons. The minimum absolute atomic E-state index is 0.167. The van der Waals surface area contributed by atoms with Crippen LogP contribution in [0.4, 0.5) is 10.1 Å². The van der Waals surface area contributed by atoms with Gasteiger partial charge in [-0.15, -0.1) is 0 Å². The van der Waals surface area contributed by atoms with Crippen molar-refractivity contribution in [1.82, 2.24) is 4.98 Å². The Morgan fingerprint density at radius 2 is 1.89 bits per heavy atom. The first-order valence-corrected chi connectivity index (χ1v) is 6.11. The molecule has 6 heteroatoms. The zero-order chi connectivity index (χ0) is 13.6. The first-order chi connectivity index (χ1) is 9.04. The van der Waals surface area contributed by atoms with E-state index in [1.807, 2.05) is 0 Å². The molecule has 2 aromatic carbocycles. The van der Waals surface area contributed by atoms with Crippen LogP contribution in [0.2, 0.25) is 10.0 Å². The van der Waals surface area contributed by atoms with Crippen molar-refractivity contribution in [1.29, 1.82) is 0 Å². The van der Waals surface area contributed by atoms with Gasteiger partial charge in [-0.05, 0) is 24.3 Å². The summed E-state index contributed by atoms with van der Waals surface area (Å²) in [4.78, 5) is 4.18. The summed E-state index contributed by atoms with van der Waals surface area (Å²) in [7, 11) is 0. The Labute approximate surface area is 117 Å². The van der Waals surface area contributed by atoms with Gasteiger partial charge in [-0.25, -0.2) is 9.37 Å². The van der Waals surface area contributed by atoms with Gasteiger partial charge in [0.05, 0.1) is 15.6 Å². The minimum Gasteiger partial charge on any atom is -0.434 e. The van der Waals surface area contributed by atoms with Crippen molar-refractivity contribution in [3.05, 3.63) is 46.2 Å². The molecule has 0 aliphatic carbocycles. The molecule has 1 aromatic heterocycles. The van der Waals surface area contributed by atoms with Crippen LogP contribution in [0.15, 0.2) is 34.7 Å². The summed E-state index contributed by atoms with van der Waals surface area (Å²) in [5.41, 5.74) is 7.39. The molecule has 0 aliphatic rings. The number of halogens is 3. The van der Waals surface area contributed by atoms with E-state index in [0.29, 0.717) is 27.4 Å². The molecule has 0 amide bonds. The summed E-state index contributed by atoms with van der Waals surface area (Å²) in [5.74, 6) is -0.201. The highest BCUT2D eigenvalue weighted by Crippen LogP contribution is 2.33. The normalized spacial score (nSPS) is 11.1. The van der Waals surface area contributed by atoms with Crippen LogP contribution in [0, 0.1) is 5.82 Å². The first-order valence-electron chi connectivity index (χ1n) is 5.35. The molecular formula is C13H7Cl2FN2O. The summed E-state index contributed by atoms with van der Waals surface area (Å²) in [5, 5.41) is 0.573. The van der Waals surface area contributed by atoms with Gasteiger partial charge in [-0.3, -0.25) is 0 Å². The van der Waals surface area contributed by atoms with Gasteiger partial charge in [-0.2, -0.15) is 0 Å². The summed E-state index contributed by atoms with van der Waals surface area (Å²) in [6.45, 7) is 0. The SMILES string of the molecule is Nc1ccc(-c2nc3cc(F)cc(Cl)c3o2)c(Cl)c1. The zero-order valence-corrected chi connectivity index (χ0v) is 11.0. The van der Waals surface area contributed by atoms with Crippen molar-refractivity contribution in [2.75, 3.05) is 5.73 Å². The molecule has 0 aliphatic heterocycles. The molecule has 1 heterocycles. The predicted molar refractivity (Wildman–Crippen MR) is 73.8 cm³/mol. The average molecular weight is 297 g/mol. The van der Waals surface area contributed by atoms with Gasteiger partial charge in [0.25, 0.3) is 0 Å². The van der Waals surface area contributed by atoms with Crippen LogP contribution in [0.3, 0.4) is 0 Å². The fourth-order valence-electron chi connectivity index (χ4n) is 1.78. The molecule has 3 nitrogen and oxygen atoms in total. The molecule has 0 spiro atoms. The number of aromatic nitrogens is 1. The Morgan fingerprint density at radius 3 is 2.63 bits per heavy atom.